The van der Waals surface area contributed by atoms with E-state index >= 15 is 0 Å². The van der Waals surface area contributed by atoms with E-state index in [1.165, 1.54) is 53.5 Å². The SMILES string of the molecule is O=C1C=CC(=O)N1c1ccccc1-c1cc(C(c2ccc(-c3ccccc3)cc2)c2ccc(N3C(=O)C=CC3=O)c(-c3ccccc3N3C(=O)C=CC3O)c2)ccc1N1C(=O)C=CC1=O. The Morgan fingerprint density at radius 3 is 1.20 bits per heavy atom. The second kappa shape index (κ2) is 16.1. The summed E-state index contributed by atoms with van der Waals surface area (Å²) in [6.07, 6.45) is 8.46. The minimum Gasteiger partial charge on any atom is -0.369 e. The summed E-state index contributed by atoms with van der Waals surface area (Å²) in [5.74, 6) is -4.45. The standard InChI is InChI=1S/C53H34N4O8/c58-45-22-23-46(59)54(45)41-12-6-4-10-37(41)39-30-35(18-20-43(39)56-49(62)26-27-50(56)63)53(34-16-14-33(15-17-34)32-8-2-1-3-9-32)36-19-21-44(57-51(64)28-29-52(57)65)40(31-36)38-11-5-7-13-42(38)55-47(60)24-25-48(55)61/h1-31,45,53,58H. The molecule has 4 aliphatic heterocycles. The van der Waals surface area contributed by atoms with Gasteiger partial charge in [-0.05, 0) is 70.3 Å². The van der Waals surface area contributed by atoms with Crippen LogP contribution in [0.15, 0.2) is 188 Å². The third-order valence-corrected chi connectivity index (χ3v) is 11.8. The van der Waals surface area contributed by atoms with Crippen LogP contribution in [0.2, 0.25) is 0 Å². The molecule has 0 saturated heterocycles. The van der Waals surface area contributed by atoms with Gasteiger partial charge in [0.05, 0.1) is 22.7 Å². The van der Waals surface area contributed by atoms with E-state index in [9.17, 15) is 38.7 Å². The number of nitrogens with zero attached hydrogens (tertiary/aromatic N) is 4. The van der Waals surface area contributed by atoms with Crippen LogP contribution in [0.1, 0.15) is 22.6 Å². The summed E-state index contributed by atoms with van der Waals surface area (Å²) in [4.78, 5) is 97.2. The second-order valence-electron chi connectivity index (χ2n) is 15.5. The van der Waals surface area contributed by atoms with Gasteiger partial charge in [-0.3, -0.25) is 38.5 Å². The molecule has 0 aromatic heterocycles. The Bertz CT molecular complexity index is 3130. The second-order valence-corrected chi connectivity index (χ2v) is 15.5. The molecule has 2 unspecified atom stereocenters. The number of carbonyl (C=O) groups is 7. The Balaban J connectivity index is 1.22. The number of carbonyl (C=O) groups excluding carboxylic acids is 7. The van der Waals surface area contributed by atoms with Gasteiger partial charge in [-0.2, -0.15) is 0 Å². The van der Waals surface area contributed by atoms with Gasteiger partial charge in [-0.15, -0.1) is 0 Å². The molecule has 0 aliphatic carbocycles. The number of aliphatic hydroxyl groups is 1. The predicted molar refractivity (Wildman–Crippen MR) is 244 cm³/mol. The van der Waals surface area contributed by atoms with Gasteiger partial charge in [0, 0.05) is 70.7 Å². The van der Waals surface area contributed by atoms with Crippen molar-refractivity contribution >= 4 is 64.1 Å². The van der Waals surface area contributed by atoms with Crippen molar-refractivity contribution in [2.24, 2.45) is 0 Å². The molecule has 6 aromatic rings. The molecule has 12 heteroatoms. The lowest BCUT2D eigenvalue weighted by Gasteiger charge is -2.28. The lowest BCUT2D eigenvalue weighted by Crippen LogP contribution is -2.34. The van der Waals surface area contributed by atoms with Crippen LogP contribution in [-0.2, 0) is 33.6 Å². The number of imide groups is 3. The van der Waals surface area contributed by atoms with Crippen LogP contribution in [0.25, 0.3) is 33.4 Å². The average molecular weight is 855 g/mol. The number of hydrogen-bond donors (Lipinski definition) is 1. The van der Waals surface area contributed by atoms with Gasteiger partial charge >= 0.3 is 0 Å². The van der Waals surface area contributed by atoms with Gasteiger partial charge in [-0.1, -0.05) is 103 Å². The van der Waals surface area contributed by atoms with Gasteiger partial charge in [0.1, 0.15) is 0 Å². The smallest absolute Gasteiger partial charge is 0.258 e. The molecule has 4 heterocycles. The summed E-state index contributed by atoms with van der Waals surface area (Å²) < 4.78 is 0. The normalized spacial score (nSPS) is 17.2. The Kier molecular flexibility index (Phi) is 9.97. The summed E-state index contributed by atoms with van der Waals surface area (Å²) in [6.45, 7) is 0. The number of hydrogen-bond acceptors (Lipinski definition) is 8. The van der Waals surface area contributed by atoms with Gasteiger partial charge in [-0.25, -0.2) is 14.7 Å². The summed E-state index contributed by atoms with van der Waals surface area (Å²) in [7, 11) is 0. The molecule has 12 nitrogen and oxygen atoms in total. The van der Waals surface area contributed by atoms with Crippen molar-refractivity contribution in [3.05, 3.63) is 205 Å². The zero-order chi connectivity index (χ0) is 44.9. The van der Waals surface area contributed by atoms with E-state index in [2.05, 4.69) is 0 Å². The molecular formula is C53H34N4O8. The van der Waals surface area contributed by atoms with Crippen LogP contribution < -0.4 is 19.6 Å². The van der Waals surface area contributed by atoms with E-state index in [4.69, 9.17) is 0 Å². The Morgan fingerprint density at radius 2 is 0.738 bits per heavy atom. The van der Waals surface area contributed by atoms with Crippen molar-refractivity contribution in [3.63, 3.8) is 0 Å². The number of benzene rings is 6. The molecule has 314 valence electrons. The van der Waals surface area contributed by atoms with E-state index < -0.39 is 53.5 Å². The Labute approximate surface area is 371 Å². The van der Waals surface area contributed by atoms with Crippen molar-refractivity contribution in [1.82, 2.24) is 0 Å². The molecule has 7 amide bonds. The zero-order valence-electron chi connectivity index (χ0n) is 34.1. The fraction of sp³-hybridized carbons (Fsp3) is 0.0377. The van der Waals surface area contributed by atoms with Crippen LogP contribution in [0.3, 0.4) is 0 Å². The molecule has 0 spiro atoms. The monoisotopic (exact) mass is 854 g/mol. The van der Waals surface area contributed by atoms with Crippen molar-refractivity contribution in [2.45, 2.75) is 12.1 Å². The first-order chi connectivity index (χ1) is 31.6. The fourth-order valence-electron chi connectivity index (χ4n) is 8.81. The summed E-state index contributed by atoms with van der Waals surface area (Å²) in [5.41, 5.74) is 6.74. The van der Waals surface area contributed by atoms with Gasteiger partial charge < -0.3 is 5.11 Å². The van der Waals surface area contributed by atoms with Crippen molar-refractivity contribution in [3.8, 4) is 33.4 Å². The van der Waals surface area contributed by atoms with Gasteiger partial charge in [0.2, 0.25) is 0 Å². The van der Waals surface area contributed by atoms with Gasteiger partial charge in [0.15, 0.2) is 6.23 Å². The maximum Gasteiger partial charge on any atom is 0.258 e. The first kappa shape index (κ1) is 40.2. The third kappa shape index (κ3) is 7.00. The maximum absolute atomic E-state index is 13.3. The highest BCUT2D eigenvalue weighted by atomic mass is 16.3. The lowest BCUT2D eigenvalue weighted by atomic mass is 9.81. The Hall–Kier alpha value is -8.87. The predicted octanol–water partition coefficient (Wildman–Crippen LogP) is 7.38. The van der Waals surface area contributed by atoms with Crippen LogP contribution >= 0.6 is 0 Å². The highest BCUT2D eigenvalue weighted by Crippen LogP contribution is 2.46. The van der Waals surface area contributed by atoms with E-state index in [-0.39, 0.29) is 17.1 Å². The molecule has 2 atom stereocenters. The first-order valence-corrected chi connectivity index (χ1v) is 20.6. The molecule has 10 rings (SSSR count). The minimum atomic E-state index is -1.27. The van der Waals surface area contributed by atoms with Crippen LogP contribution in [0.5, 0.6) is 0 Å². The van der Waals surface area contributed by atoms with E-state index in [0.29, 0.717) is 39.1 Å². The molecule has 0 saturated carbocycles. The number of anilines is 4. The van der Waals surface area contributed by atoms with Crippen molar-refractivity contribution < 1.29 is 38.7 Å². The number of amides is 7. The molecule has 1 N–H and O–H groups in total. The third-order valence-electron chi connectivity index (χ3n) is 11.8. The van der Waals surface area contributed by atoms with Crippen LogP contribution in [0, 0.1) is 0 Å². The van der Waals surface area contributed by atoms with Crippen molar-refractivity contribution in [1.29, 1.82) is 0 Å². The van der Waals surface area contributed by atoms with Crippen molar-refractivity contribution in [2.75, 3.05) is 19.6 Å². The minimum absolute atomic E-state index is 0.220. The highest BCUT2D eigenvalue weighted by Gasteiger charge is 2.35. The summed E-state index contributed by atoms with van der Waals surface area (Å²) in [5, 5.41) is 11.0. The number of para-hydroxylation sites is 2. The highest BCUT2D eigenvalue weighted by molar-refractivity contribution is 6.32. The van der Waals surface area contributed by atoms with E-state index in [1.54, 1.807) is 72.8 Å². The maximum atomic E-state index is 13.3. The lowest BCUT2D eigenvalue weighted by molar-refractivity contribution is -0.121. The molecule has 0 radical (unpaired) electrons. The fourth-order valence-corrected chi connectivity index (χ4v) is 8.81. The van der Waals surface area contributed by atoms with Gasteiger partial charge in [0.25, 0.3) is 41.4 Å². The van der Waals surface area contributed by atoms with Crippen LogP contribution in [-0.4, -0.2) is 52.7 Å². The zero-order valence-corrected chi connectivity index (χ0v) is 34.1. The topological polar surface area (TPSA) is 153 Å². The molecule has 6 aromatic carbocycles. The molecule has 65 heavy (non-hydrogen) atoms. The number of rotatable bonds is 10. The largest absolute Gasteiger partial charge is 0.369 e. The van der Waals surface area contributed by atoms with E-state index in [1.807, 2.05) is 66.7 Å². The molecule has 0 fully saturated rings. The molecular weight excluding hydrogens is 821 g/mol. The van der Waals surface area contributed by atoms with E-state index in [0.717, 1.165) is 31.4 Å². The summed E-state index contributed by atoms with van der Waals surface area (Å²) in [6, 6.07) is 42.1. The molecule has 4 aliphatic rings. The quantitative estimate of drug-likeness (QED) is 0.111. The first-order valence-electron chi connectivity index (χ1n) is 20.6. The van der Waals surface area contributed by atoms with Crippen LogP contribution in [0.4, 0.5) is 22.7 Å². The molecule has 0 bridgehead atoms. The number of aliphatic hydroxyl groups excluding tert-OH is 1. The average Bonchev–Trinajstić information content (AvgIpc) is 4.07. The Morgan fingerprint density at radius 1 is 0.354 bits per heavy atom. The summed E-state index contributed by atoms with van der Waals surface area (Å²) >= 11 is 0.